The molecule has 0 aliphatic carbocycles. The summed E-state index contributed by atoms with van der Waals surface area (Å²) in [5, 5.41) is 24.4. The Morgan fingerprint density at radius 3 is 2.36 bits per heavy atom. The molecule has 2 saturated heterocycles. The van der Waals surface area contributed by atoms with E-state index in [2.05, 4.69) is 5.32 Å². The number of nitrogens with zero attached hydrogens (tertiary/aromatic N) is 1. The van der Waals surface area contributed by atoms with Crippen LogP contribution in [0, 0.1) is 0 Å². The zero-order valence-electron chi connectivity index (χ0n) is 13.1. The van der Waals surface area contributed by atoms with Gasteiger partial charge in [0.05, 0.1) is 6.10 Å². The van der Waals surface area contributed by atoms with Crippen LogP contribution < -0.4 is 10.6 Å². The van der Waals surface area contributed by atoms with Crippen LogP contribution in [0.4, 0.5) is 4.79 Å². The fraction of sp³-hybridized carbons (Fsp3) is 0.250. The van der Waals surface area contributed by atoms with E-state index < -0.39 is 46.7 Å². The highest BCUT2D eigenvalue weighted by molar-refractivity contribution is 6.49. The number of benzene rings is 1. The average Bonchev–Trinajstić information content (AvgIpc) is 2.96. The van der Waals surface area contributed by atoms with Gasteiger partial charge in [0, 0.05) is 12.1 Å². The minimum absolute atomic E-state index is 0.200. The number of Topliss-reactive ketones (excluding diaryl/α,β-unsaturated/α-hetero) is 1. The molecule has 3 rings (SSSR count). The highest BCUT2D eigenvalue weighted by Crippen LogP contribution is 2.37. The van der Waals surface area contributed by atoms with Gasteiger partial charge in [0.25, 0.3) is 17.6 Å². The van der Waals surface area contributed by atoms with E-state index in [1.165, 1.54) is 19.1 Å². The van der Waals surface area contributed by atoms with Crippen LogP contribution in [-0.2, 0) is 14.4 Å². The predicted octanol–water partition coefficient (Wildman–Crippen LogP) is -0.716. The summed E-state index contributed by atoms with van der Waals surface area (Å²) in [6.07, 6.45) is -1.07. The maximum Gasteiger partial charge on any atom is 0.324 e. The van der Waals surface area contributed by atoms with Gasteiger partial charge in [0.15, 0.2) is 0 Å². The standard InChI is InChI=1S/C16H15N3O6/c1-8(20)7-19-13(23)12(22)10(11(21)9-5-3-2-4-6-9)16(19)14(24)17-15(25)18-16/h2-6,8,20-21H,7H2,1H3,(H2,17,18,24,25)/b11-10-. The molecule has 2 unspecified atom stereocenters. The van der Waals surface area contributed by atoms with Crippen molar-refractivity contribution in [2.75, 3.05) is 6.54 Å². The summed E-state index contributed by atoms with van der Waals surface area (Å²) in [5.74, 6) is -3.80. The Morgan fingerprint density at radius 2 is 1.84 bits per heavy atom. The molecule has 9 nitrogen and oxygen atoms in total. The molecule has 1 aromatic carbocycles. The number of nitrogens with one attached hydrogen (secondary N) is 2. The highest BCUT2D eigenvalue weighted by Gasteiger charge is 2.65. The molecule has 0 saturated carbocycles. The van der Waals surface area contributed by atoms with Crippen molar-refractivity contribution in [3.8, 4) is 0 Å². The molecule has 2 aliphatic rings. The quantitative estimate of drug-likeness (QED) is 0.247. The molecule has 0 aromatic heterocycles. The number of carbonyl (C=O) groups is 4. The summed E-state index contributed by atoms with van der Waals surface area (Å²) in [6.45, 7) is 0.975. The lowest BCUT2D eigenvalue weighted by Gasteiger charge is -2.32. The Balaban J connectivity index is 2.26. The first-order valence-electron chi connectivity index (χ1n) is 7.46. The van der Waals surface area contributed by atoms with E-state index in [4.69, 9.17) is 0 Å². The topological polar surface area (TPSA) is 136 Å². The van der Waals surface area contributed by atoms with Gasteiger partial charge >= 0.3 is 6.03 Å². The van der Waals surface area contributed by atoms with E-state index in [1.807, 2.05) is 5.32 Å². The monoisotopic (exact) mass is 345 g/mol. The van der Waals surface area contributed by atoms with Gasteiger partial charge in [-0.05, 0) is 6.92 Å². The molecule has 4 N–H and O–H groups in total. The van der Waals surface area contributed by atoms with Gasteiger partial charge in [-0.25, -0.2) is 4.79 Å². The first-order valence-corrected chi connectivity index (χ1v) is 7.46. The summed E-state index contributed by atoms with van der Waals surface area (Å²) in [4.78, 5) is 49.8. The molecule has 2 atom stereocenters. The first-order chi connectivity index (χ1) is 11.8. The van der Waals surface area contributed by atoms with Crippen molar-refractivity contribution in [1.29, 1.82) is 0 Å². The van der Waals surface area contributed by atoms with E-state index in [9.17, 15) is 29.4 Å². The first kappa shape index (κ1) is 16.7. The van der Waals surface area contributed by atoms with Gasteiger partial charge in [-0.3, -0.25) is 24.6 Å². The van der Waals surface area contributed by atoms with Gasteiger partial charge in [-0.1, -0.05) is 30.3 Å². The summed E-state index contributed by atoms with van der Waals surface area (Å²) >= 11 is 0. The maximum absolute atomic E-state index is 12.5. The molecule has 130 valence electrons. The lowest BCUT2D eigenvalue weighted by Crippen LogP contribution is -2.60. The van der Waals surface area contributed by atoms with E-state index in [0.29, 0.717) is 0 Å². The van der Waals surface area contributed by atoms with Crippen LogP contribution >= 0.6 is 0 Å². The minimum Gasteiger partial charge on any atom is -0.507 e. The third-order valence-corrected chi connectivity index (χ3v) is 4.01. The predicted molar refractivity (Wildman–Crippen MR) is 83.8 cm³/mol. The second-order valence-electron chi connectivity index (χ2n) is 5.80. The summed E-state index contributed by atoms with van der Waals surface area (Å²) < 4.78 is 0. The molecule has 0 radical (unpaired) electrons. The number of β-amino-alcohol motifs (C(OH)–C–C–N with tert-alkyl or cyclic N) is 1. The molecule has 2 heterocycles. The van der Waals surface area contributed by atoms with E-state index in [1.54, 1.807) is 18.2 Å². The second kappa shape index (κ2) is 5.71. The van der Waals surface area contributed by atoms with Crippen LogP contribution in [-0.4, -0.2) is 57.1 Å². The summed E-state index contributed by atoms with van der Waals surface area (Å²) in [6, 6.07) is 6.94. The molecule has 4 amide bonds. The lowest BCUT2D eigenvalue weighted by molar-refractivity contribution is -0.145. The number of ketones is 1. The Kier molecular flexibility index (Phi) is 3.80. The number of aliphatic hydroxyl groups is 2. The summed E-state index contributed by atoms with van der Waals surface area (Å²) in [5.41, 5.74) is -2.54. The number of rotatable bonds is 3. The number of aliphatic hydroxyl groups excluding tert-OH is 2. The molecule has 9 heteroatoms. The Morgan fingerprint density at radius 1 is 1.20 bits per heavy atom. The second-order valence-corrected chi connectivity index (χ2v) is 5.80. The van der Waals surface area contributed by atoms with Crippen molar-refractivity contribution in [3.05, 3.63) is 41.5 Å². The lowest BCUT2D eigenvalue weighted by atomic mass is 9.95. The summed E-state index contributed by atoms with van der Waals surface area (Å²) in [7, 11) is 0. The van der Waals surface area contributed by atoms with E-state index >= 15 is 0 Å². The largest absolute Gasteiger partial charge is 0.507 e. The van der Waals surface area contributed by atoms with Crippen molar-refractivity contribution in [3.63, 3.8) is 0 Å². The zero-order chi connectivity index (χ0) is 18.4. The van der Waals surface area contributed by atoms with E-state index in [-0.39, 0.29) is 12.1 Å². The van der Waals surface area contributed by atoms with Crippen LogP contribution in [0.25, 0.3) is 5.76 Å². The van der Waals surface area contributed by atoms with E-state index in [0.717, 1.165) is 4.90 Å². The molecule has 1 spiro atoms. The zero-order valence-corrected chi connectivity index (χ0v) is 13.1. The SMILES string of the molecule is CC(O)CN1C(=O)C(=O)/C(=C(/O)c2ccccc2)C12NC(=O)NC2=O. The van der Waals surface area contributed by atoms with Crippen molar-refractivity contribution in [2.45, 2.75) is 18.7 Å². The Hall–Kier alpha value is -3.20. The smallest absolute Gasteiger partial charge is 0.324 e. The van der Waals surface area contributed by atoms with Crippen molar-refractivity contribution >= 4 is 29.4 Å². The van der Waals surface area contributed by atoms with Crippen LogP contribution in [0.1, 0.15) is 12.5 Å². The van der Waals surface area contributed by atoms with Crippen molar-refractivity contribution in [1.82, 2.24) is 15.5 Å². The van der Waals surface area contributed by atoms with Gasteiger partial charge in [-0.2, -0.15) is 0 Å². The van der Waals surface area contributed by atoms with Crippen LogP contribution in [0.15, 0.2) is 35.9 Å². The Labute approximate surface area is 141 Å². The number of urea groups is 1. The van der Waals surface area contributed by atoms with Crippen molar-refractivity contribution in [2.24, 2.45) is 0 Å². The van der Waals surface area contributed by atoms with Gasteiger partial charge < -0.3 is 15.5 Å². The van der Waals surface area contributed by atoms with Gasteiger partial charge in [-0.15, -0.1) is 0 Å². The number of likely N-dealkylation sites (tertiary alicyclic amines) is 1. The molecular formula is C16H15N3O6. The molecule has 25 heavy (non-hydrogen) atoms. The number of hydrogen-bond acceptors (Lipinski definition) is 6. The third kappa shape index (κ3) is 2.36. The van der Waals surface area contributed by atoms with Crippen LogP contribution in [0.5, 0.6) is 0 Å². The van der Waals surface area contributed by atoms with Gasteiger partial charge in [0.1, 0.15) is 11.3 Å². The average molecular weight is 345 g/mol. The molecule has 0 bridgehead atoms. The third-order valence-electron chi connectivity index (χ3n) is 4.01. The molecule has 1 aromatic rings. The fourth-order valence-electron chi connectivity index (χ4n) is 3.00. The minimum atomic E-state index is -2.19. The number of hydrogen-bond donors (Lipinski definition) is 4. The maximum atomic E-state index is 12.5. The normalized spacial score (nSPS) is 26.1. The number of imide groups is 1. The van der Waals surface area contributed by atoms with Crippen molar-refractivity contribution < 1.29 is 29.4 Å². The number of amides is 4. The van der Waals surface area contributed by atoms with Gasteiger partial charge in [0.2, 0.25) is 5.66 Å². The molecular weight excluding hydrogens is 330 g/mol. The van der Waals surface area contributed by atoms with Crippen LogP contribution in [0.2, 0.25) is 0 Å². The van der Waals surface area contributed by atoms with Crippen LogP contribution in [0.3, 0.4) is 0 Å². The Bertz CT molecular complexity index is 816. The molecule has 2 aliphatic heterocycles. The fourth-order valence-corrected chi connectivity index (χ4v) is 3.00. The highest BCUT2D eigenvalue weighted by atomic mass is 16.3. The molecule has 2 fully saturated rings. The number of carbonyl (C=O) groups excluding carboxylic acids is 4.